The molecule has 0 saturated heterocycles. The van der Waals surface area contributed by atoms with Gasteiger partial charge in [0.25, 0.3) is 0 Å². The van der Waals surface area contributed by atoms with E-state index in [-0.39, 0.29) is 47.5 Å². The molecule has 0 aliphatic carbocycles. The third kappa shape index (κ3) is 7.73. The molecule has 0 amide bonds. The number of nitrogens with zero attached hydrogens (tertiary/aromatic N) is 2. The number of fused-ring (bicyclic) bond motifs is 1. The van der Waals surface area contributed by atoms with Crippen LogP contribution in [0.1, 0.15) is 27.6 Å². The molecule has 1 aromatic heterocycles. The molecule has 0 bridgehead atoms. The predicted octanol–water partition coefficient (Wildman–Crippen LogP) is 9.17. The lowest BCUT2D eigenvalue weighted by Crippen LogP contribution is -2.40. The van der Waals surface area contributed by atoms with Crippen molar-refractivity contribution in [2.75, 3.05) is 7.11 Å². The first kappa shape index (κ1) is 32.0. The zero-order valence-electron chi connectivity index (χ0n) is 24.8. The molecule has 8 nitrogen and oxygen atoms in total. The number of para-hydroxylation sites is 2. The van der Waals surface area contributed by atoms with E-state index < -0.39 is 20.2 Å². The molecule has 0 fully saturated rings. The number of benzene rings is 4. The van der Waals surface area contributed by atoms with Crippen molar-refractivity contribution in [1.29, 1.82) is 0 Å². The van der Waals surface area contributed by atoms with Gasteiger partial charge in [-0.1, -0.05) is 54.6 Å². The van der Waals surface area contributed by atoms with Gasteiger partial charge < -0.3 is 28.5 Å². The number of phenols is 1. The van der Waals surface area contributed by atoms with Crippen LogP contribution in [0.5, 0.6) is 28.7 Å². The summed E-state index contributed by atoms with van der Waals surface area (Å²) in [5.41, 5.74) is 1.92. The molecule has 1 atom stereocenters. The highest BCUT2D eigenvalue weighted by Gasteiger charge is 2.38. The average Bonchev–Trinajstić information content (AvgIpc) is 3.56. The van der Waals surface area contributed by atoms with Crippen molar-refractivity contribution in [1.82, 2.24) is 4.90 Å². The quantitative estimate of drug-likeness (QED) is 0.147. The van der Waals surface area contributed by atoms with Gasteiger partial charge in [0.15, 0.2) is 11.5 Å². The van der Waals surface area contributed by atoms with E-state index in [1.807, 2.05) is 22.4 Å². The van der Waals surface area contributed by atoms with Crippen LogP contribution >= 0.6 is 19.1 Å². The van der Waals surface area contributed by atoms with Gasteiger partial charge in [-0.15, -0.1) is 29.3 Å². The third-order valence-electron chi connectivity index (χ3n) is 7.19. The summed E-state index contributed by atoms with van der Waals surface area (Å²) in [5.74, 6) is 0.552. The van der Waals surface area contributed by atoms with Crippen molar-refractivity contribution in [3.63, 3.8) is 0 Å². The minimum Gasteiger partial charge on any atom is -0.504 e. The second-order valence-corrected chi connectivity index (χ2v) is 12.9. The molecular weight excluding hydrogens is 652 g/mol. The Morgan fingerprint density at radius 2 is 1.55 bits per heavy atom. The van der Waals surface area contributed by atoms with Crippen LogP contribution < -0.4 is 18.5 Å². The molecule has 0 spiro atoms. The highest BCUT2D eigenvalue weighted by Crippen LogP contribution is 2.52. The molecule has 47 heavy (non-hydrogen) atoms. The Bertz CT molecular complexity index is 1860. The number of aromatic hydroxyl groups is 1. The first-order chi connectivity index (χ1) is 22.6. The number of hydrogen-bond donors (Lipinski definition) is 1. The SMILES string of the molecule is COc1cc2c(cc1O)C/C(=N/P(=O)(Oc1ccccc1)Oc1ccccc1)N(Cc1cccc(OC(F)(F)F)c1)C2c1cccs1. The van der Waals surface area contributed by atoms with Gasteiger partial charge in [0.05, 0.1) is 13.2 Å². The molecular formula is C34H28F3N2O6PS. The maximum Gasteiger partial charge on any atom is 0.573 e. The predicted molar refractivity (Wildman–Crippen MR) is 172 cm³/mol. The van der Waals surface area contributed by atoms with Crippen molar-refractivity contribution in [3.05, 3.63) is 136 Å². The number of alkyl halides is 3. The summed E-state index contributed by atoms with van der Waals surface area (Å²) in [6.07, 6.45) is -4.79. The van der Waals surface area contributed by atoms with Crippen molar-refractivity contribution < 1.29 is 41.4 Å². The fourth-order valence-corrected chi connectivity index (χ4v) is 7.50. The standard InChI is InChI=1S/C34H28F3N2O6PS/c1-42-30-21-28-24(19-29(30)40)20-32(38-46(41,44-25-11-4-2-5-12-25)45-26-13-6-3-7-14-26)39(33(28)31-16-9-17-47-31)22-23-10-8-15-27(18-23)43-34(35,36)37/h2-19,21,33,40H,20,22H2,1H3/b38-32-. The van der Waals surface area contributed by atoms with Gasteiger partial charge in [-0.05, 0) is 76.7 Å². The summed E-state index contributed by atoms with van der Waals surface area (Å²) in [6.45, 7) is 0.0375. The van der Waals surface area contributed by atoms with Crippen LogP contribution in [0.3, 0.4) is 0 Å². The van der Waals surface area contributed by atoms with E-state index in [2.05, 4.69) is 9.50 Å². The van der Waals surface area contributed by atoms with Crippen LogP contribution in [0.25, 0.3) is 0 Å². The average molecular weight is 681 g/mol. The zero-order valence-corrected chi connectivity index (χ0v) is 26.5. The topological polar surface area (TPSA) is 89.8 Å². The fraction of sp³-hybridized carbons (Fsp3) is 0.147. The molecule has 1 unspecified atom stereocenters. The Kier molecular flexibility index (Phi) is 9.15. The summed E-state index contributed by atoms with van der Waals surface area (Å²) in [6, 6.07) is 29.1. The number of rotatable bonds is 10. The Morgan fingerprint density at radius 1 is 0.894 bits per heavy atom. The molecule has 0 saturated carbocycles. The Labute approximate surface area is 272 Å². The molecule has 242 valence electrons. The lowest BCUT2D eigenvalue weighted by Gasteiger charge is -2.40. The van der Waals surface area contributed by atoms with Crippen LogP contribution in [0.15, 0.2) is 119 Å². The van der Waals surface area contributed by atoms with E-state index in [0.29, 0.717) is 11.1 Å². The van der Waals surface area contributed by atoms with Gasteiger partial charge in [-0.3, -0.25) is 0 Å². The van der Waals surface area contributed by atoms with Crippen LogP contribution in [0.4, 0.5) is 13.2 Å². The van der Waals surface area contributed by atoms with Crippen LogP contribution in [0.2, 0.25) is 0 Å². The zero-order chi connectivity index (χ0) is 33.0. The molecule has 6 rings (SSSR count). The third-order valence-corrected chi connectivity index (χ3v) is 9.47. The largest absolute Gasteiger partial charge is 0.573 e. The number of ether oxygens (including phenoxy) is 2. The first-order valence-corrected chi connectivity index (χ1v) is 16.7. The minimum absolute atomic E-state index is 0.0375. The highest BCUT2D eigenvalue weighted by atomic mass is 32.1. The van der Waals surface area contributed by atoms with Gasteiger partial charge in [0.2, 0.25) is 0 Å². The van der Waals surface area contributed by atoms with E-state index >= 15 is 0 Å². The van der Waals surface area contributed by atoms with Crippen LogP contribution in [0, 0.1) is 0 Å². The number of halogens is 3. The van der Waals surface area contributed by atoms with Gasteiger partial charge >= 0.3 is 14.1 Å². The summed E-state index contributed by atoms with van der Waals surface area (Å²) < 4.78 is 80.2. The molecule has 1 N–H and O–H groups in total. The summed E-state index contributed by atoms with van der Waals surface area (Å²) in [4.78, 5) is 2.70. The number of thiophene rings is 1. The monoisotopic (exact) mass is 680 g/mol. The van der Waals surface area contributed by atoms with Crippen LogP contribution in [-0.2, 0) is 17.5 Å². The molecule has 4 aromatic carbocycles. The van der Waals surface area contributed by atoms with E-state index in [0.717, 1.165) is 10.4 Å². The van der Waals surface area contributed by atoms with Crippen molar-refractivity contribution in [2.24, 2.45) is 4.76 Å². The van der Waals surface area contributed by atoms with Crippen molar-refractivity contribution in [2.45, 2.75) is 25.4 Å². The van der Waals surface area contributed by atoms with Gasteiger partial charge in [0.1, 0.15) is 23.1 Å². The number of hydrogen-bond acceptors (Lipinski definition) is 7. The Balaban J connectivity index is 1.52. The molecule has 13 heteroatoms. The fourth-order valence-electron chi connectivity index (χ4n) is 5.28. The normalized spacial score (nSPS) is 15.6. The second kappa shape index (κ2) is 13.4. The Morgan fingerprint density at radius 3 is 2.15 bits per heavy atom. The first-order valence-electron chi connectivity index (χ1n) is 14.3. The molecule has 5 aromatic rings. The van der Waals surface area contributed by atoms with E-state index in [4.69, 9.17) is 13.8 Å². The number of phenolic OH excluding ortho intramolecular Hbond substituents is 1. The van der Waals surface area contributed by atoms with Crippen LogP contribution in [-0.4, -0.2) is 29.3 Å². The summed E-state index contributed by atoms with van der Waals surface area (Å²) in [5, 5.41) is 12.6. The number of amidine groups is 1. The minimum atomic E-state index is -4.87. The second-order valence-electron chi connectivity index (χ2n) is 10.4. The van der Waals surface area contributed by atoms with E-state index in [9.17, 15) is 22.8 Å². The summed E-state index contributed by atoms with van der Waals surface area (Å²) in [7, 11) is -2.92. The molecule has 2 heterocycles. The molecule has 1 aliphatic heterocycles. The number of methoxy groups -OCH3 is 1. The van der Waals surface area contributed by atoms with Gasteiger partial charge in [0, 0.05) is 17.8 Å². The molecule has 1 aliphatic rings. The summed E-state index contributed by atoms with van der Waals surface area (Å²) >= 11 is 1.46. The maximum atomic E-state index is 14.6. The van der Waals surface area contributed by atoms with Gasteiger partial charge in [-0.2, -0.15) is 0 Å². The van der Waals surface area contributed by atoms with E-state index in [1.165, 1.54) is 36.6 Å². The van der Waals surface area contributed by atoms with E-state index in [1.54, 1.807) is 78.9 Å². The smallest absolute Gasteiger partial charge is 0.504 e. The molecule has 0 radical (unpaired) electrons. The van der Waals surface area contributed by atoms with Crippen molar-refractivity contribution >= 4 is 24.9 Å². The van der Waals surface area contributed by atoms with Crippen molar-refractivity contribution in [3.8, 4) is 28.7 Å². The lowest BCUT2D eigenvalue weighted by molar-refractivity contribution is -0.274. The van der Waals surface area contributed by atoms with Gasteiger partial charge in [-0.25, -0.2) is 4.57 Å². The maximum absolute atomic E-state index is 14.6. The Hall–Kier alpha value is -4.93. The highest BCUT2D eigenvalue weighted by molar-refractivity contribution is 7.53. The lowest BCUT2D eigenvalue weighted by atomic mass is 9.89.